The summed E-state index contributed by atoms with van der Waals surface area (Å²) in [7, 11) is 0. The standard InChI is InChI=1S/C13H14N4O/c1-9-11(3-2-4-12(9)14)13(18)16-7-10-5-6-15-8-17-10/h2-6,8H,7,14H2,1H3,(H,16,18). The van der Waals surface area contributed by atoms with Crippen molar-refractivity contribution in [1.29, 1.82) is 0 Å². The van der Waals surface area contributed by atoms with E-state index in [-0.39, 0.29) is 5.91 Å². The molecule has 92 valence electrons. The van der Waals surface area contributed by atoms with Crippen LogP contribution in [0.4, 0.5) is 5.69 Å². The minimum absolute atomic E-state index is 0.154. The number of carbonyl (C=O) groups excluding carboxylic acids is 1. The third-order valence-corrected chi connectivity index (χ3v) is 2.69. The van der Waals surface area contributed by atoms with Gasteiger partial charge in [0, 0.05) is 17.4 Å². The molecule has 0 fully saturated rings. The number of hydrogen-bond donors (Lipinski definition) is 2. The van der Waals surface area contributed by atoms with Crippen LogP contribution in [-0.4, -0.2) is 15.9 Å². The summed E-state index contributed by atoms with van der Waals surface area (Å²) >= 11 is 0. The van der Waals surface area contributed by atoms with Crippen LogP contribution in [-0.2, 0) is 6.54 Å². The van der Waals surface area contributed by atoms with Crippen LogP contribution in [0, 0.1) is 6.92 Å². The molecule has 1 amide bonds. The molecule has 2 aromatic rings. The molecule has 5 nitrogen and oxygen atoms in total. The van der Waals surface area contributed by atoms with Crippen LogP contribution in [0.2, 0.25) is 0 Å². The number of rotatable bonds is 3. The Labute approximate surface area is 105 Å². The van der Waals surface area contributed by atoms with E-state index in [1.165, 1.54) is 6.33 Å². The lowest BCUT2D eigenvalue weighted by Gasteiger charge is -2.08. The van der Waals surface area contributed by atoms with Crippen molar-refractivity contribution in [2.24, 2.45) is 0 Å². The number of nitrogen functional groups attached to an aromatic ring is 1. The number of aromatic nitrogens is 2. The lowest BCUT2D eigenvalue weighted by Crippen LogP contribution is -2.24. The first kappa shape index (κ1) is 12.0. The molecule has 0 aliphatic carbocycles. The lowest BCUT2D eigenvalue weighted by molar-refractivity contribution is 0.0950. The minimum Gasteiger partial charge on any atom is -0.398 e. The van der Waals surface area contributed by atoms with Crippen molar-refractivity contribution in [3.63, 3.8) is 0 Å². The predicted molar refractivity (Wildman–Crippen MR) is 68.8 cm³/mol. The van der Waals surface area contributed by atoms with E-state index in [4.69, 9.17) is 5.73 Å². The van der Waals surface area contributed by atoms with E-state index in [1.54, 1.807) is 30.5 Å². The van der Waals surface area contributed by atoms with Gasteiger partial charge in [-0.25, -0.2) is 9.97 Å². The quantitative estimate of drug-likeness (QED) is 0.795. The molecule has 0 aliphatic rings. The van der Waals surface area contributed by atoms with Crippen molar-refractivity contribution in [3.05, 3.63) is 53.6 Å². The fourth-order valence-electron chi connectivity index (χ4n) is 1.59. The summed E-state index contributed by atoms with van der Waals surface area (Å²) < 4.78 is 0. The molecule has 18 heavy (non-hydrogen) atoms. The average Bonchev–Trinajstić information content (AvgIpc) is 2.40. The maximum absolute atomic E-state index is 12.0. The van der Waals surface area contributed by atoms with Gasteiger partial charge in [0.25, 0.3) is 5.91 Å². The monoisotopic (exact) mass is 242 g/mol. The van der Waals surface area contributed by atoms with Crippen LogP contribution >= 0.6 is 0 Å². The second kappa shape index (κ2) is 5.27. The average molecular weight is 242 g/mol. The fraction of sp³-hybridized carbons (Fsp3) is 0.154. The first-order valence-corrected chi connectivity index (χ1v) is 5.56. The van der Waals surface area contributed by atoms with Gasteiger partial charge in [0.1, 0.15) is 6.33 Å². The summed E-state index contributed by atoms with van der Waals surface area (Å²) in [4.78, 5) is 19.8. The predicted octanol–water partition coefficient (Wildman–Crippen LogP) is 1.30. The Bertz CT molecular complexity index is 554. The SMILES string of the molecule is Cc1c(N)cccc1C(=O)NCc1ccncn1. The van der Waals surface area contributed by atoms with Crippen LogP contribution in [0.1, 0.15) is 21.6 Å². The van der Waals surface area contributed by atoms with Crippen molar-refractivity contribution < 1.29 is 4.79 Å². The van der Waals surface area contributed by atoms with E-state index in [9.17, 15) is 4.79 Å². The van der Waals surface area contributed by atoms with Crippen molar-refractivity contribution in [2.45, 2.75) is 13.5 Å². The van der Waals surface area contributed by atoms with Crippen molar-refractivity contribution >= 4 is 11.6 Å². The van der Waals surface area contributed by atoms with E-state index in [0.717, 1.165) is 11.3 Å². The van der Waals surface area contributed by atoms with Gasteiger partial charge in [-0.1, -0.05) is 6.07 Å². The summed E-state index contributed by atoms with van der Waals surface area (Å²) in [6, 6.07) is 7.05. The molecule has 0 unspecified atom stereocenters. The highest BCUT2D eigenvalue weighted by atomic mass is 16.1. The molecule has 5 heteroatoms. The van der Waals surface area contributed by atoms with Gasteiger partial charge < -0.3 is 11.1 Å². The van der Waals surface area contributed by atoms with Gasteiger partial charge in [-0.15, -0.1) is 0 Å². The van der Waals surface area contributed by atoms with E-state index in [1.807, 2.05) is 6.92 Å². The molecule has 0 bridgehead atoms. The van der Waals surface area contributed by atoms with E-state index in [2.05, 4.69) is 15.3 Å². The molecule has 0 aliphatic heterocycles. The number of nitrogens with zero attached hydrogens (tertiary/aromatic N) is 2. The Morgan fingerprint density at radius 2 is 2.22 bits per heavy atom. The number of anilines is 1. The maximum atomic E-state index is 12.0. The Morgan fingerprint density at radius 1 is 1.39 bits per heavy atom. The summed E-state index contributed by atoms with van der Waals surface area (Å²) in [5.41, 5.74) is 8.52. The molecular weight excluding hydrogens is 228 g/mol. The first-order chi connectivity index (χ1) is 8.68. The zero-order valence-corrected chi connectivity index (χ0v) is 10.1. The maximum Gasteiger partial charge on any atom is 0.251 e. The Kier molecular flexibility index (Phi) is 3.52. The van der Waals surface area contributed by atoms with Gasteiger partial charge in [-0.3, -0.25) is 4.79 Å². The number of amides is 1. The number of benzene rings is 1. The van der Waals surface area contributed by atoms with E-state index >= 15 is 0 Å². The number of carbonyl (C=O) groups is 1. The first-order valence-electron chi connectivity index (χ1n) is 5.56. The van der Waals surface area contributed by atoms with Crippen LogP contribution in [0.3, 0.4) is 0 Å². The van der Waals surface area contributed by atoms with Gasteiger partial charge in [-0.05, 0) is 30.7 Å². The van der Waals surface area contributed by atoms with E-state index < -0.39 is 0 Å². The minimum atomic E-state index is -0.154. The third-order valence-electron chi connectivity index (χ3n) is 2.69. The summed E-state index contributed by atoms with van der Waals surface area (Å²) in [5, 5.41) is 2.80. The Hall–Kier alpha value is -2.43. The van der Waals surface area contributed by atoms with Crippen LogP contribution in [0.5, 0.6) is 0 Å². The smallest absolute Gasteiger partial charge is 0.251 e. The highest BCUT2D eigenvalue weighted by molar-refractivity contribution is 5.96. The number of nitrogens with one attached hydrogen (secondary N) is 1. The van der Waals surface area contributed by atoms with Crippen LogP contribution in [0.15, 0.2) is 36.8 Å². The fourth-order valence-corrected chi connectivity index (χ4v) is 1.59. The molecule has 3 N–H and O–H groups in total. The largest absolute Gasteiger partial charge is 0.398 e. The van der Waals surface area contributed by atoms with Gasteiger partial charge in [-0.2, -0.15) is 0 Å². The van der Waals surface area contributed by atoms with Gasteiger partial charge >= 0.3 is 0 Å². The molecule has 1 aromatic carbocycles. The number of nitrogens with two attached hydrogens (primary N) is 1. The second-order valence-corrected chi connectivity index (χ2v) is 3.90. The summed E-state index contributed by atoms with van der Waals surface area (Å²) in [6.45, 7) is 2.20. The number of hydrogen-bond acceptors (Lipinski definition) is 4. The molecular formula is C13H14N4O. The summed E-state index contributed by atoms with van der Waals surface area (Å²) in [6.07, 6.45) is 3.09. The third kappa shape index (κ3) is 2.63. The van der Waals surface area contributed by atoms with Gasteiger partial charge in [0.2, 0.25) is 0 Å². The molecule has 1 heterocycles. The molecule has 0 saturated heterocycles. The van der Waals surface area contributed by atoms with E-state index in [0.29, 0.717) is 17.8 Å². The molecule has 2 rings (SSSR count). The van der Waals surface area contributed by atoms with Crippen molar-refractivity contribution in [2.75, 3.05) is 5.73 Å². The zero-order chi connectivity index (χ0) is 13.0. The van der Waals surface area contributed by atoms with Gasteiger partial charge in [0.15, 0.2) is 0 Å². The molecule has 0 atom stereocenters. The highest BCUT2D eigenvalue weighted by Gasteiger charge is 2.10. The Balaban J connectivity index is 2.07. The van der Waals surface area contributed by atoms with Crippen molar-refractivity contribution in [1.82, 2.24) is 15.3 Å². The Morgan fingerprint density at radius 3 is 2.94 bits per heavy atom. The lowest BCUT2D eigenvalue weighted by atomic mass is 10.1. The molecule has 0 spiro atoms. The highest BCUT2D eigenvalue weighted by Crippen LogP contribution is 2.15. The summed E-state index contributed by atoms with van der Waals surface area (Å²) in [5.74, 6) is -0.154. The topological polar surface area (TPSA) is 80.9 Å². The normalized spacial score (nSPS) is 10.1. The van der Waals surface area contributed by atoms with Gasteiger partial charge in [0.05, 0.1) is 12.2 Å². The molecule has 0 saturated carbocycles. The zero-order valence-electron chi connectivity index (χ0n) is 10.1. The molecule has 0 radical (unpaired) electrons. The van der Waals surface area contributed by atoms with Crippen LogP contribution < -0.4 is 11.1 Å². The van der Waals surface area contributed by atoms with Crippen LogP contribution in [0.25, 0.3) is 0 Å². The second-order valence-electron chi connectivity index (χ2n) is 3.90. The molecule has 1 aromatic heterocycles. The van der Waals surface area contributed by atoms with Crippen molar-refractivity contribution in [3.8, 4) is 0 Å².